The predicted molar refractivity (Wildman–Crippen MR) is 75.6 cm³/mol. The molecule has 0 aliphatic carbocycles. The lowest BCUT2D eigenvalue weighted by atomic mass is 10.1. The van der Waals surface area contributed by atoms with Crippen molar-refractivity contribution in [1.82, 2.24) is 4.57 Å². The van der Waals surface area contributed by atoms with Gasteiger partial charge >= 0.3 is 0 Å². The minimum absolute atomic E-state index is 0.200. The SMILES string of the molecule is Cc1ccc(C)c(NC(=O)c2ccn(C)c(=O)c2)c1. The average Bonchev–Trinajstić information content (AvgIpc) is 2.37. The minimum atomic E-state index is -0.272. The van der Waals surface area contributed by atoms with E-state index in [1.165, 1.54) is 10.6 Å². The fourth-order valence-corrected chi connectivity index (χ4v) is 1.75. The summed E-state index contributed by atoms with van der Waals surface area (Å²) in [5.41, 5.74) is 3.00. The van der Waals surface area contributed by atoms with E-state index in [1.54, 1.807) is 19.3 Å². The normalized spacial score (nSPS) is 10.3. The number of anilines is 1. The van der Waals surface area contributed by atoms with Crippen molar-refractivity contribution in [3.05, 3.63) is 63.6 Å². The van der Waals surface area contributed by atoms with Crippen LogP contribution in [-0.2, 0) is 7.05 Å². The predicted octanol–water partition coefficient (Wildman–Crippen LogP) is 2.25. The van der Waals surface area contributed by atoms with Crippen molar-refractivity contribution in [2.24, 2.45) is 7.05 Å². The number of benzene rings is 1. The van der Waals surface area contributed by atoms with Gasteiger partial charge in [0.15, 0.2) is 0 Å². The Labute approximate surface area is 111 Å². The van der Waals surface area contributed by atoms with Gasteiger partial charge in [0.1, 0.15) is 0 Å². The zero-order valence-corrected chi connectivity index (χ0v) is 11.2. The lowest BCUT2D eigenvalue weighted by molar-refractivity contribution is 0.102. The zero-order valence-electron chi connectivity index (χ0n) is 11.2. The van der Waals surface area contributed by atoms with Crippen molar-refractivity contribution in [3.63, 3.8) is 0 Å². The Kier molecular flexibility index (Phi) is 3.51. The Bertz CT molecular complexity index is 687. The summed E-state index contributed by atoms with van der Waals surface area (Å²) in [6, 6.07) is 8.81. The second-order valence-electron chi connectivity index (χ2n) is 4.64. The second-order valence-corrected chi connectivity index (χ2v) is 4.64. The number of nitrogens with zero attached hydrogens (tertiary/aromatic N) is 1. The molecule has 1 N–H and O–H groups in total. The smallest absolute Gasteiger partial charge is 0.255 e. The Morgan fingerprint density at radius 3 is 2.58 bits per heavy atom. The summed E-state index contributed by atoms with van der Waals surface area (Å²) in [5.74, 6) is -0.272. The molecule has 19 heavy (non-hydrogen) atoms. The Balaban J connectivity index is 2.28. The van der Waals surface area contributed by atoms with E-state index in [9.17, 15) is 9.59 Å². The van der Waals surface area contributed by atoms with Gasteiger partial charge in [-0.15, -0.1) is 0 Å². The van der Waals surface area contributed by atoms with Crippen LogP contribution in [0.3, 0.4) is 0 Å². The van der Waals surface area contributed by atoms with Crippen LogP contribution in [-0.4, -0.2) is 10.5 Å². The second kappa shape index (κ2) is 5.10. The van der Waals surface area contributed by atoms with Gasteiger partial charge in [-0.3, -0.25) is 9.59 Å². The van der Waals surface area contributed by atoms with Crippen LogP contribution in [0.5, 0.6) is 0 Å². The van der Waals surface area contributed by atoms with Crippen LogP contribution < -0.4 is 10.9 Å². The number of nitrogens with one attached hydrogen (secondary N) is 1. The summed E-state index contributed by atoms with van der Waals surface area (Å²) >= 11 is 0. The molecule has 0 saturated carbocycles. The van der Waals surface area contributed by atoms with E-state index in [1.807, 2.05) is 32.0 Å². The van der Waals surface area contributed by atoms with Crippen LogP contribution in [0, 0.1) is 13.8 Å². The molecule has 0 atom stereocenters. The molecule has 0 spiro atoms. The van der Waals surface area contributed by atoms with Crippen LogP contribution in [0.1, 0.15) is 21.5 Å². The van der Waals surface area contributed by atoms with Gasteiger partial charge in [0.05, 0.1) is 0 Å². The van der Waals surface area contributed by atoms with E-state index in [4.69, 9.17) is 0 Å². The Morgan fingerprint density at radius 1 is 1.16 bits per heavy atom. The highest BCUT2D eigenvalue weighted by atomic mass is 16.2. The summed E-state index contributed by atoms with van der Waals surface area (Å²) in [6.07, 6.45) is 1.58. The maximum absolute atomic E-state index is 12.1. The first-order valence-electron chi connectivity index (χ1n) is 6.02. The summed E-state index contributed by atoms with van der Waals surface area (Å²) in [4.78, 5) is 23.6. The Hall–Kier alpha value is -2.36. The first kappa shape index (κ1) is 13.1. The topological polar surface area (TPSA) is 51.1 Å². The monoisotopic (exact) mass is 256 g/mol. The molecule has 0 fully saturated rings. The maximum Gasteiger partial charge on any atom is 0.255 e. The van der Waals surface area contributed by atoms with Crippen LogP contribution >= 0.6 is 0 Å². The largest absolute Gasteiger partial charge is 0.322 e. The van der Waals surface area contributed by atoms with Gasteiger partial charge in [0, 0.05) is 30.6 Å². The third-order valence-electron chi connectivity index (χ3n) is 3.01. The molecule has 4 heteroatoms. The van der Waals surface area contributed by atoms with Gasteiger partial charge < -0.3 is 9.88 Å². The fraction of sp³-hybridized carbons (Fsp3) is 0.200. The van der Waals surface area contributed by atoms with Crippen molar-refractivity contribution in [2.45, 2.75) is 13.8 Å². The number of hydrogen-bond acceptors (Lipinski definition) is 2. The van der Waals surface area contributed by atoms with Crippen LogP contribution in [0.2, 0.25) is 0 Å². The highest BCUT2D eigenvalue weighted by molar-refractivity contribution is 6.04. The van der Waals surface area contributed by atoms with E-state index < -0.39 is 0 Å². The number of hydrogen-bond donors (Lipinski definition) is 1. The Morgan fingerprint density at radius 2 is 1.89 bits per heavy atom. The number of aryl methyl sites for hydroxylation is 3. The molecule has 98 valence electrons. The molecular weight excluding hydrogens is 240 g/mol. The van der Waals surface area contributed by atoms with Gasteiger partial charge in [-0.25, -0.2) is 0 Å². The van der Waals surface area contributed by atoms with Crippen molar-refractivity contribution < 1.29 is 4.79 Å². The fourth-order valence-electron chi connectivity index (χ4n) is 1.75. The van der Waals surface area contributed by atoms with Crippen molar-refractivity contribution in [3.8, 4) is 0 Å². The highest BCUT2D eigenvalue weighted by Gasteiger charge is 2.08. The molecule has 1 aromatic carbocycles. The highest BCUT2D eigenvalue weighted by Crippen LogP contribution is 2.17. The van der Waals surface area contributed by atoms with Crippen molar-refractivity contribution in [2.75, 3.05) is 5.32 Å². The van der Waals surface area contributed by atoms with Crippen LogP contribution in [0.25, 0.3) is 0 Å². The van der Waals surface area contributed by atoms with Gasteiger partial charge in [-0.2, -0.15) is 0 Å². The van der Waals surface area contributed by atoms with Crippen LogP contribution in [0.15, 0.2) is 41.3 Å². The maximum atomic E-state index is 12.1. The molecule has 0 saturated heterocycles. The van der Waals surface area contributed by atoms with Gasteiger partial charge in [-0.1, -0.05) is 12.1 Å². The molecule has 2 rings (SSSR count). The van der Waals surface area contributed by atoms with Gasteiger partial charge in [-0.05, 0) is 37.1 Å². The lowest BCUT2D eigenvalue weighted by Crippen LogP contribution is -2.20. The molecule has 0 aliphatic heterocycles. The van der Waals surface area contributed by atoms with Crippen molar-refractivity contribution >= 4 is 11.6 Å². The third kappa shape index (κ3) is 2.91. The summed E-state index contributed by atoms with van der Waals surface area (Å²) < 4.78 is 1.43. The lowest BCUT2D eigenvalue weighted by Gasteiger charge is -2.09. The molecular formula is C15H16N2O2. The quantitative estimate of drug-likeness (QED) is 0.896. The number of carbonyl (C=O) groups excluding carboxylic acids is 1. The molecule has 0 unspecified atom stereocenters. The molecule has 1 aromatic heterocycles. The zero-order chi connectivity index (χ0) is 14.0. The molecule has 1 amide bonds. The summed E-state index contributed by atoms with van der Waals surface area (Å²) in [5, 5.41) is 2.83. The first-order valence-corrected chi connectivity index (χ1v) is 6.02. The van der Waals surface area contributed by atoms with Gasteiger partial charge in [0.2, 0.25) is 0 Å². The summed E-state index contributed by atoms with van der Waals surface area (Å²) in [7, 11) is 1.65. The van der Waals surface area contributed by atoms with E-state index in [2.05, 4.69) is 5.32 Å². The summed E-state index contributed by atoms with van der Waals surface area (Å²) in [6.45, 7) is 3.90. The number of carbonyl (C=O) groups is 1. The van der Waals surface area contributed by atoms with Crippen LogP contribution in [0.4, 0.5) is 5.69 Å². The van der Waals surface area contributed by atoms with E-state index in [0.29, 0.717) is 5.56 Å². The van der Waals surface area contributed by atoms with E-state index in [-0.39, 0.29) is 11.5 Å². The van der Waals surface area contributed by atoms with E-state index >= 15 is 0 Å². The number of rotatable bonds is 2. The number of aromatic nitrogens is 1. The van der Waals surface area contributed by atoms with Gasteiger partial charge in [0.25, 0.3) is 11.5 Å². The van der Waals surface area contributed by atoms with E-state index in [0.717, 1.165) is 16.8 Å². The number of amides is 1. The average molecular weight is 256 g/mol. The molecule has 0 bridgehead atoms. The molecule has 2 aromatic rings. The number of pyridine rings is 1. The first-order chi connectivity index (χ1) is 8.97. The molecule has 1 heterocycles. The molecule has 0 radical (unpaired) electrons. The minimum Gasteiger partial charge on any atom is -0.322 e. The standard InChI is InChI=1S/C15H16N2O2/c1-10-4-5-11(2)13(8-10)16-15(19)12-6-7-17(3)14(18)9-12/h4-9H,1-3H3,(H,16,19). The molecule has 4 nitrogen and oxygen atoms in total. The third-order valence-corrected chi connectivity index (χ3v) is 3.01. The van der Waals surface area contributed by atoms with Crippen molar-refractivity contribution in [1.29, 1.82) is 0 Å². The molecule has 0 aliphatic rings.